The van der Waals surface area contributed by atoms with E-state index in [1.165, 1.54) is 6.92 Å². The number of likely N-dealkylation sites (tertiary alicyclic amines) is 1. The summed E-state index contributed by atoms with van der Waals surface area (Å²) < 4.78 is 39.9. The van der Waals surface area contributed by atoms with E-state index in [0.717, 1.165) is 31.4 Å². The minimum absolute atomic E-state index is 0.0826. The van der Waals surface area contributed by atoms with Crippen molar-refractivity contribution >= 4 is 22.4 Å². The summed E-state index contributed by atoms with van der Waals surface area (Å²) in [6.45, 7) is 2.64. The Kier molecular flexibility index (Phi) is 4.92. The van der Waals surface area contributed by atoms with Crippen molar-refractivity contribution in [2.75, 3.05) is 18.8 Å². The molecule has 1 saturated heterocycles. The highest BCUT2D eigenvalue weighted by Gasteiger charge is 2.30. The van der Waals surface area contributed by atoms with E-state index in [1.54, 1.807) is 4.90 Å². The predicted octanol–water partition coefficient (Wildman–Crippen LogP) is 2.06. The summed E-state index contributed by atoms with van der Waals surface area (Å²) in [5, 5.41) is -0.990. The Labute approximate surface area is 124 Å². The first-order valence-electron chi connectivity index (χ1n) is 6.85. The van der Waals surface area contributed by atoms with Gasteiger partial charge in [-0.15, -0.1) is 0 Å². The number of nitrogen functional groups attached to an aromatic ring is 1. The maximum atomic E-state index is 13.8. The van der Waals surface area contributed by atoms with E-state index < -0.39 is 32.6 Å². The fourth-order valence-electron chi connectivity index (χ4n) is 2.41. The van der Waals surface area contributed by atoms with Crippen LogP contribution in [0.4, 0.5) is 14.5 Å². The third-order valence-electron chi connectivity index (χ3n) is 3.56. The van der Waals surface area contributed by atoms with E-state index in [4.69, 9.17) is 5.73 Å². The Morgan fingerprint density at radius 1 is 1.24 bits per heavy atom. The molecule has 7 heteroatoms. The average molecular weight is 316 g/mol. The number of amides is 1. The molecule has 0 radical (unpaired) electrons. The molecule has 1 aromatic rings. The molecule has 1 aliphatic rings. The quantitative estimate of drug-likeness (QED) is 0.868. The molecule has 0 bridgehead atoms. The largest absolute Gasteiger partial charge is 0.399 e. The number of rotatable bonds is 3. The Hall–Kier alpha value is -1.50. The second-order valence-electron chi connectivity index (χ2n) is 5.14. The van der Waals surface area contributed by atoms with Crippen molar-refractivity contribution in [3.8, 4) is 0 Å². The minimum Gasteiger partial charge on any atom is -0.399 e. The van der Waals surface area contributed by atoms with Gasteiger partial charge in [0.1, 0.15) is 21.8 Å². The van der Waals surface area contributed by atoms with Crippen molar-refractivity contribution in [2.24, 2.45) is 0 Å². The number of carbonyl (C=O) groups is 1. The lowest BCUT2D eigenvalue weighted by atomic mass is 10.1. The maximum absolute atomic E-state index is 13.8. The molecule has 4 nitrogen and oxygen atoms in total. The van der Waals surface area contributed by atoms with E-state index in [2.05, 4.69) is 0 Å². The van der Waals surface area contributed by atoms with Gasteiger partial charge in [-0.05, 0) is 38.3 Å². The van der Waals surface area contributed by atoms with Gasteiger partial charge < -0.3 is 10.6 Å². The Morgan fingerprint density at radius 2 is 1.76 bits per heavy atom. The van der Waals surface area contributed by atoms with Gasteiger partial charge in [0.05, 0.1) is 10.8 Å². The molecular formula is C14H18F2N2O2S. The van der Waals surface area contributed by atoms with Crippen molar-refractivity contribution in [3.05, 3.63) is 23.8 Å². The van der Waals surface area contributed by atoms with Gasteiger partial charge in [-0.1, -0.05) is 0 Å². The topological polar surface area (TPSA) is 63.4 Å². The highest BCUT2D eigenvalue weighted by Crippen LogP contribution is 2.24. The highest BCUT2D eigenvalue weighted by atomic mass is 32.2. The highest BCUT2D eigenvalue weighted by molar-refractivity contribution is 7.86. The molecule has 0 aromatic heterocycles. The average Bonchev–Trinajstić information content (AvgIpc) is 2.45. The predicted molar refractivity (Wildman–Crippen MR) is 77.1 cm³/mol. The summed E-state index contributed by atoms with van der Waals surface area (Å²) in [4.78, 5) is 13.3. The monoisotopic (exact) mass is 316 g/mol. The molecule has 1 aromatic carbocycles. The van der Waals surface area contributed by atoms with Gasteiger partial charge in [0.15, 0.2) is 0 Å². The number of hydrogen-bond donors (Lipinski definition) is 1. The second-order valence-corrected chi connectivity index (χ2v) is 6.85. The van der Waals surface area contributed by atoms with Crippen LogP contribution < -0.4 is 5.73 Å². The number of nitrogens with zero attached hydrogens (tertiary/aromatic N) is 1. The van der Waals surface area contributed by atoms with Crippen LogP contribution in [0.5, 0.6) is 0 Å². The molecule has 1 heterocycles. The first kappa shape index (κ1) is 15.9. The first-order chi connectivity index (χ1) is 9.91. The number of anilines is 1. The Morgan fingerprint density at radius 3 is 2.29 bits per heavy atom. The Bertz CT molecular complexity index is 551. The zero-order chi connectivity index (χ0) is 15.6. The summed E-state index contributed by atoms with van der Waals surface area (Å²) in [7, 11) is -2.09. The molecular weight excluding hydrogens is 298 g/mol. The van der Waals surface area contributed by atoms with Crippen LogP contribution in [0, 0.1) is 11.6 Å². The van der Waals surface area contributed by atoms with E-state index in [9.17, 15) is 17.8 Å². The molecule has 1 amide bonds. The smallest absolute Gasteiger partial charge is 0.238 e. The normalized spacial score (nSPS) is 18.3. The molecule has 1 fully saturated rings. The van der Waals surface area contributed by atoms with Crippen LogP contribution in [0.1, 0.15) is 26.2 Å². The van der Waals surface area contributed by atoms with Gasteiger partial charge in [-0.25, -0.2) is 8.78 Å². The lowest BCUT2D eigenvalue weighted by Crippen LogP contribution is -2.42. The maximum Gasteiger partial charge on any atom is 0.238 e. The van der Waals surface area contributed by atoms with Crippen molar-refractivity contribution < 1.29 is 17.8 Å². The third kappa shape index (κ3) is 3.40. The zero-order valence-corrected chi connectivity index (χ0v) is 12.6. The number of nitrogens with two attached hydrogens (primary N) is 1. The molecule has 1 aliphatic heterocycles. The van der Waals surface area contributed by atoms with E-state index >= 15 is 0 Å². The van der Waals surface area contributed by atoms with Gasteiger partial charge in [0.2, 0.25) is 5.91 Å². The fourth-order valence-corrected chi connectivity index (χ4v) is 3.60. The van der Waals surface area contributed by atoms with Crippen LogP contribution >= 0.6 is 0 Å². The number of halogens is 2. The van der Waals surface area contributed by atoms with Crippen LogP contribution in [0.25, 0.3) is 0 Å². The second kappa shape index (κ2) is 6.51. The van der Waals surface area contributed by atoms with Crippen LogP contribution in [0.2, 0.25) is 0 Å². The van der Waals surface area contributed by atoms with Crippen LogP contribution in [-0.4, -0.2) is 33.4 Å². The van der Waals surface area contributed by atoms with E-state index in [1.807, 2.05) is 0 Å². The summed E-state index contributed by atoms with van der Waals surface area (Å²) in [5.74, 6) is -2.29. The number of carbonyl (C=O) groups excluding carboxylic acids is 1. The molecule has 2 unspecified atom stereocenters. The summed E-state index contributed by atoms with van der Waals surface area (Å²) in [6.07, 6.45) is 2.86. The summed E-state index contributed by atoms with van der Waals surface area (Å²) >= 11 is 0. The van der Waals surface area contributed by atoms with Crippen LogP contribution in [0.15, 0.2) is 17.0 Å². The third-order valence-corrected chi connectivity index (χ3v) is 5.19. The molecule has 2 rings (SSSR count). The van der Waals surface area contributed by atoms with Gasteiger partial charge in [0.25, 0.3) is 0 Å². The van der Waals surface area contributed by atoms with Crippen molar-refractivity contribution in [1.82, 2.24) is 4.90 Å². The SMILES string of the molecule is CC(C(=O)N1CCCCC1)S(=O)c1c(F)cc(N)cc1F. The number of benzene rings is 1. The lowest BCUT2D eigenvalue weighted by Gasteiger charge is -2.29. The van der Waals surface area contributed by atoms with Crippen LogP contribution in [0.3, 0.4) is 0 Å². The molecule has 0 spiro atoms. The van der Waals surface area contributed by atoms with Crippen LogP contribution in [-0.2, 0) is 15.6 Å². The van der Waals surface area contributed by atoms with Crippen molar-refractivity contribution in [2.45, 2.75) is 36.3 Å². The summed E-state index contributed by atoms with van der Waals surface area (Å²) in [5.41, 5.74) is 5.24. The minimum atomic E-state index is -2.09. The van der Waals surface area contributed by atoms with Crippen molar-refractivity contribution in [3.63, 3.8) is 0 Å². The van der Waals surface area contributed by atoms with Gasteiger partial charge >= 0.3 is 0 Å². The molecule has 21 heavy (non-hydrogen) atoms. The molecule has 0 saturated carbocycles. The molecule has 0 aliphatic carbocycles. The van der Waals surface area contributed by atoms with Gasteiger partial charge in [-0.3, -0.25) is 9.00 Å². The van der Waals surface area contributed by atoms with E-state index in [-0.39, 0.29) is 11.6 Å². The lowest BCUT2D eigenvalue weighted by molar-refractivity contribution is -0.131. The number of piperidine rings is 1. The number of hydrogen-bond acceptors (Lipinski definition) is 3. The molecule has 2 atom stereocenters. The van der Waals surface area contributed by atoms with Gasteiger partial charge in [0, 0.05) is 18.8 Å². The summed E-state index contributed by atoms with van der Waals surface area (Å²) in [6, 6.07) is 1.82. The zero-order valence-electron chi connectivity index (χ0n) is 11.8. The van der Waals surface area contributed by atoms with E-state index in [0.29, 0.717) is 13.1 Å². The van der Waals surface area contributed by atoms with Crippen molar-refractivity contribution in [1.29, 1.82) is 0 Å². The first-order valence-corrected chi connectivity index (χ1v) is 8.07. The van der Waals surface area contributed by atoms with Gasteiger partial charge in [-0.2, -0.15) is 0 Å². The Balaban J connectivity index is 2.21. The molecule has 116 valence electrons. The fraction of sp³-hybridized carbons (Fsp3) is 0.500. The molecule has 2 N–H and O–H groups in total. The standard InChI is InChI=1S/C14H18F2N2O2S/c1-9(14(19)18-5-3-2-4-6-18)21(20)13-11(15)7-10(17)8-12(13)16/h7-9H,2-6,17H2,1H3.